The number of rotatable bonds is 9. The molecule has 1 heterocycles. The van der Waals surface area contributed by atoms with Crippen molar-refractivity contribution in [3.05, 3.63) is 84.4 Å². The van der Waals surface area contributed by atoms with Gasteiger partial charge in [0.25, 0.3) is 23.2 Å². The lowest BCUT2D eigenvalue weighted by molar-refractivity contribution is -0.385. The van der Waals surface area contributed by atoms with Gasteiger partial charge >= 0.3 is 0 Å². The summed E-state index contributed by atoms with van der Waals surface area (Å²) in [5.74, 6) is -1.50. The van der Waals surface area contributed by atoms with E-state index in [-0.39, 0.29) is 33.4 Å². The third kappa shape index (κ3) is 6.59. The maximum atomic E-state index is 12.7. The summed E-state index contributed by atoms with van der Waals surface area (Å²) in [4.78, 5) is 49.4. The lowest BCUT2D eigenvalue weighted by Gasteiger charge is -2.10. The summed E-state index contributed by atoms with van der Waals surface area (Å²) in [5, 5.41) is 38.3. The lowest BCUT2D eigenvalue weighted by atomic mass is 10.1. The second kappa shape index (κ2) is 11.5. The molecule has 13 nitrogen and oxygen atoms in total. The number of hydrogen-bond acceptors (Lipinski definition) is 10. The Balaban J connectivity index is 1.84. The monoisotopic (exact) mass is 528 g/mol. The number of halogens is 1. The highest BCUT2D eigenvalue weighted by molar-refractivity contribution is 7.13. The standard InChI is InChI=1S/C21H13ClN6O7S/c22-16-9-15(28(33)34)1-3-17(16)25-20(30)13(10-23)7-12-8-14(27(31)32)2-4-18(12)35-11-19(29)26-21-24-5-6-36-21/h1-9H,11H2,(H,25,30)(H,24,26,29). The Labute approximate surface area is 210 Å². The van der Waals surface area contributed by atoms with Crippen LogP contribution in [-0.2, 0) is 9.59 Å². The van der Waals surface area contributed by atoms with Crippen LogP contribution in [0.15, 0.2) is 53.5 Å². The molecule has 0 unspecified atom stereocenters. The number of nitrogens with one attached hydrogen (secondary N) is 2. The zero-order valence-electron chi connectivity index (χ0n) is 17.8. The van der Waals surface area contributed by atoms with E-state index in [1.807, 2.05) is 0 Å². The minimum atomic E-state index is -0.938. The smallest absolute Gasteiger partial charge is 0.271 e. The van der Waals surface area contributed by atoms with Crippen molar-refractivity contribution in [1.82, 2.24) is 4.98 Å². The molecule has 0 aliphatic heterocycles. The van der Waals surface area contributed by atoms with Crippen LogP contribution in [0.1, 0.15) is 5.56 Å². The molecule has 3 rings (SSSR count). The van der Waals surface area contributed by atoms with Crippen LogP contribution < -0.4 is 15.4 Å². The third-order valence-corrected chi connectivity index (χ3v) is 5.32. The first-order chi connectivity index (χ1) is 17.2. The molecule has 2 amide bonds. The number of non-ortho nitro benzene ring substituents is 2. The average Bonchev–Trinajstić information content (AvgIpc) is 3.35. The van der Waals surface area contributed by atoms with Gasteiger partial charge in [-0.2, -0.15) is 5.26 Å². The molecule has 15 heteroatoms. The summed E-state index contributed by atoms with van der Waals surface area (Å²) in [5.41, 5.74) is -1.15. The molecule has 0 radical (unpaired) electrons. The van der Waals surface area contributed by atoms with Crippen LogP contribution in [0.2, 0.25) is 5.02 Å². The summed E-state index contributed by atoms with van der Waals surface area (Å²) in [6.45, 7) is -0.481. The van der Waals surface area contributed by atoms with E-state index in [4.69, 9.17) is 16.3 Å². The number of nitro benzene ring substituents is 2. The van der Waals surface area contributed by atoms with Gasteiger partial charge in [0.05, 0.1) is 20.6 Å². The highest BCUT2D eigenvalue weighted by Crippen LogP contribution is 2.29. The molecule has 2 N–H and O–H groups in total. The molecule has 0 spiro atoms. The fraction of sp³-hybridized carbons (Fsp3) is 0.0476. The number of carbonyl (C=O) groups excluding carboxylic acids is 2. The van der Waals surface area contributed by atoms with Crippen molar-refractivity contribution in [3.63, 3.8) is 0 Å². The Hall–Kier alpha value is -4.87. The highest BCUT2D eigenvalue weighted by atomic mass is 35.5. The zero-order valence-corrected chi connectivity index (χ0v) is 19.4. The Morgan fingerprint density at radius 1 is 1.14 bits per heavy atom. The summed E-state index contributed by atoms with van der Waals surface area (Å²) >= 11 is 7.16. The number of anilines is 2. The quantitative estimate of drug-likeness (QED) is 0.177. The van der Waals surface area contributed by atoms with Crippen molar-refractivity contribution in [3.8, 4) is 11.8 Å². The second-order valence-electron chi connectivity index (χ2n) is 6.70. The SMILES string of the molecule is N#CC(=Cc1cc([N+](=O)[O-])ccc1OCC(=O)Nc1nccs1)C(=O)Nc1ccc([N+](=O)[O-])cc1Cl. The van der Waals surface area contributed by atoms with Crippen LogP contribution in [0.25, 0.3) is 6.08 Å². The Morgan fingerprint density at radius 3 is 2.44 bits per heavy atom. The van der Waals surface area contributed by atoms with Gasteiger partial charge in [0, 0.05) is 41.4 Å². The Morgan fingerprint density at radius 2 is 1.83 bits per heavy atom. The van der Waals surface area contributed by atoms with E-state index in [9.17, 15) is 35.1 Å². The summed E-state index contributed by atoms with van der Waals surface area (Å²) in [6, 6.07) is 8.43. The maximum absolute atomic E-state index is 12.7. The van der Waals surface area contributed by atoms with Gasteiger partial charge in [-0.15, -0.1) is 11.3 Å². The molecule has 0 saturated carbocycles. The predicted octanol–water partition coefficient (Wildman–Crippen LogP) is 4.18. The molecule has 0 saturated heterocycles. The van der Waals surface area contributed by atoms with Gasteiger partial charge in [-0.3, -0.25) is 35.1 Å². The first-order valence-corrected chi connectivity index (χ1v) is 10.9. The average molecular weight is 529 g/mol. The molecule has 182 valence electrons. The molecule has 0 fully saturated rings. The Kier molecular flexibility index (Phi) is 8.23. The number of nitriles is 1. The number of carbonyl (C=O) groups is 2. The molecule has 2 aromatic carbocycles. The fourth-order valence-corrected chi connectivity index (χ4v) is 3.46. The molecule has 3 aromatic rings. The first-order valence-electron chi connectivity index (χ1n) is 9.65. The van der Waals surface area contributed by atoms with E-state index in [2.05, 4.69) is 15.6 Å². The number of hydrogen-bond donors (Lipinski definition) is 2. The largest absolute Gasteiger partial charge is 0.483 e. The van der Waals surface area contributed by atoms with Crippen molar-refractivity contribution in [2.24, 2.45) is 0 Å². The van der Waals surface area contributed by atoms with Crippen LogP contribution in [0.4, 0.5) is 22.2 Å². The minimum absolute atomic E-state index is 0.00258. The Bertz CT molecular complexity index is 1420. The van der Waals surface area contributed by atoms with Gasteiger partial charge in [0.15, 0.2) is 11.7 Å². The van der Waals surface area contributed by atoms with Crippen molar-refractivity contribution in [2.75, 3.05) is 17.2 Å². The molecule has 1 aromatic heterocycles. The zero-order chi connectivity index (χ0) is 26.2. The molecule has 0 aliphatic rings. The van der Waals surface area contributed by atoms with E-state index in [1.54, 1.807) is 11.4 Å². The van der Waals surface area contributed by atoms with Crippen LogP contribution in [0, 0.1) is 31.6 Å². The number of nitrogens with zero attached hydrogens (tertiary/aromatic N) is 4. The molecule has 0 atom stereocenters. The van der Waals surface area contributed by atoms with E-state index >= 15 is 0 Å². The number of amides is 2. The predicted molar refractivity (Wildman–Crippen MR) is 130 cm³/mol. The van der Waals surface area contributed by atoms with Gasteiger partial charge in [-0.05, 0) is 18.2 Å². The lowest BCUT2D eigenvalue weighted by Crippen LogP contribution is -2.20. The van der Waals surface area contributed by atoms with Crippen LogP contribution >= 0.6 is 22.9 Å². The maximum Gasteiger partial charge on any atom is 0.271 e. The summed E-state index contributed by atoms with van der Waals surface area (Å²) in [6.07, 6.45) is 2.54. The topological polar surface area (TPSA) is 190 Å². The second-order valence-corrected chi connectivity index (χ2v) is 8.00. The number of nitro groups is 2. The van der Waals surface area contributed by atoms with E-state index in [0.29, 0.717) is 5.13 Å². The number of benzene rings is 2. The highest BCUT2D eigenvalue weighted by Gasteiger charge is 2.18. The normalized spacial score (nSPS) is 10.7. The molecular formula is C21H13ClN6O7S. The minimum Gasteiger partial charge on any atom is -0.483 e. The van der Waals surface area contributed by atoms with Crippen molar-refractivity contribution >= 4 is 63.0 Å². The summed E-state index contributed by atoms with van der Waals surface area (Å²) < 4.78 is 5.45. The van der Waals surface area contributed by atoms with Crippen LogP contribution in [-0.4, -0.2) is 33.3 Å². The number of aromatic nitrogens is 1. The first kappa shape index (κ1) is 25.7. The summed E-state index contributed by atoms with van der Waals surface area (Å²) in [7, 11) is 0. The van der Waals surface area contributed by atoms with E-state index < -0.39 is 33.8 Å². The van der Waals surface area contributed by atoms with E-state index in [1.165, 1.54) is 29.7 Å². The molecule has 0 aliphatic carbocycles. The van der Waals surface area contributed by atoms with Gasteiger partial charge in [0.2, 0.25) is 0 Å². The van der Waals surface area contributed by atoms with Gasteiger partial charge in [-0.25, -0.2) is 4.98 Å². The van der Waals surface area contributed by atoms with Gasteiger partial charge in [0.1, 0.15) is 17.4 Å². The van der Waals surface area contributed by atoms with Gasteiger partial charge < -0.3 is 10.1 Å². The van der Waals surface area contributed by atoms with Crippen LogP contribution in [0.3, 0.4) is 0 Å². The van der Waals surface area contributed by atoms with Crippen molar-refractivity contribution < 1.29 is 24.2 Å². The van der Waals surface area contributed by atoms with Crippen LogP contribution in [0.5, 0.6) is 5.75 Å². The molecule has 0 bridgehead atoms. The third-order valence-electron chi connectivity index (χ3n) is 4.32. The number of ether oxygens (including phenoxy) is 1. The molecule has 36 heavy (non-hydrogen) atoms. The van der Waals surface area contributed by atoms with Crippen molar-refractivity contribution in [1.29, 1.82) is 5.26 Å². The fourth-order valence-electron chi connectivity index (χ4n) is 2.69. The number of thiazole rings is 1. The van der Waals surface area contributed by atoms with E-state index in [0.717, 1.165) is 30.3 Å². The van der Waals surface area contributed by atoms with Crippen molar-refractivity contribution in [2.45, 2.75) is 0 Å². The molecular weight excluding hydrogens is 516 g/mol. The van der Waals surface area contributed by atoms with Gasteiger partial charge in [-0.1, -0.05) is 11.6 Å².